The fourth-order valence-electron chi connectivity index (χ4n) is 2.53. The highest BCUT2D eigenvalue weighted by Gasteiger charge is 2.32. The first kappa shape index (κ1) is 13.5. The predicted molar refractivity (Wildman–Crippen MR) is 67.4 cm³/mol. The Bertz CT molecular complexity index is 393. The highest BCUT2D eigenvalue weighted by Crippen LogP contribution is 2.26. The Morgan fingerprint density at radius 3 is 2.72 bits per heavy atom. The van der Waals surface area contributed by atoms with Crippen LogP contribution in [-0.2, 0) is 22.9 Å². The zero-order valence-corrected chi connectivity index (χ0v) is 11.6. The molecule has 2 rings (SSSR count). The van der Waals surface area contributed by atoms with Crippen molar-refractivity contribution in [2.75, 3.05) is 33.9 Å². The van der Waals surface area contributed by atoms with Crippen LogP contribution in [0.1, 0.15) is 24.4 Å². The lowest BCUT2D eigenvalue weighted by Gasteiger charge is -2.32. The molecule has 2 heterocycles. The molecule has 0 spiro atoms. The molecule has 102 valence electrons. The molecule has 0 radical (unpaired) electrons. The van der Waals surface area contributed by atoms with Gasteiger partial charge in [-0.2, -0.15) is 0 Å². The molecular weight excluding hydrogens is 232 g/mol. The number of aryl methyl sites for hydroxylation is 1. The van der Waals surface area contributed by atoms with Crippen molar-refractivity contribution >= 4 is 0 Å². The highest BCUT2D eigenvalue weighted by molar-refractivity contribution is 5.16. The summed E-state index contributed by atoms with van der Waals surface area (Å²) in [5.74, 6) is 0. The summed E-state index contributed by atoms with van der Waals surface area (Å²) in [7, 11) is 5.35. The van der Waals surface area contributed by atoms with Crippen molar-refractivity contribution in [2.45, 2.75) is 25.6 Å². The van der Waals surface area contributed by atoms with Crippen LogP contribution < -0.4 is 0 Å². The number of hydrogen-bond acceptors (Lipinski definition) is 5. The number of ether oxygens (including phenoxy) is 2. The normalized spacial score (nSPS) is 25.6. The third-order valence-corrected chi connectivity index (χ3v) is 3.69. The van der Waals surface area contributed by atoms with Crippen LogP contribution in [0.2, 0.25) is 0 Å². The summed E-state index contributed by atoms with van der Waals surface area (Å²) in [5.41, 5.74) is 2.06. The first-order valence-corrected chi connectivity index (χ1v) is 6.37. The van der Waals surface area contributed by atoms with E-state index in [4.69, 9.17) is 9.47 Å². The maximum atomic E-state index is 5.60. The largest absolute Gasteiger partial charge is 0.377 e. The Morgan fingerprint density at radius 1 is 1.33 bits per heavy atom. The topological polar surface area (TPSA) is 52.4 Å². The van der Waals surface area contributed by atoms with Crippen LogP contribution >= 0.6 is 0 Å². The van der Waals surface area contributed by atoms with Crippen molar-refractivity contribution in [2.24, 2.45) is 7.05 Å². The second-order valence-corrected chi connectivity index (χ2v) is 4.62. The lowest BCUT2D eigenvalue weighted by molar-refractivity contribution is -0.0564. The minimum atomic E-state index is -0.145. The van der Waals surface area contributed by atoms with E-state index in [9.17, 15) is 0 Å². The van der Waals surface area contributed by atoms with Crippen LogP contribution in [0.15, 0.2) is 0 Å². The molecule has 1 aliphatic rings. The molecule has 6 heteroatoms. The second-order valence-electron chi connectivity index (χ2n) is 4.62. The van der Waals surface area contributed by atoms with Crippen LogP contribution in [0.3, 0.4) is 0 Å². The lowest BCUT2D eigenvalue weighted by atomic mass is 10.0. The van der Waals surface area contributed by atoms with Gasteiger partial charge in [0.1, 0.15) is 17.9 Å². The van der Waals surface area contributed by atoms with Gasteiger partial charge < -0.3 is 14.4 Å². The predicted octanol–water partition coefficient (Wildman–Crippen LogP) is 0.396. The molecule has 6 nitrogen and oxygen atoms in total. The summed E-state index contributed by atoms with van der Waals surface area (Å²) in [6.07, 6.45) is 0.793. The maximum absolute atomic E-state index is 5.60. The van der Waals surface area contributed by atoms with Crippen LogP contribution in [0.25, 0.3) is 0 Å². The number of hydrogen-bond donors (Lipinski definition) is 0. The van der Waals surface area contributed by atoms with Gasteiger partial charge in [-0.05, 0) is 6.54 Å². The molecule has 1 aromatic rings. The molecule has 0 saturated heterocycles. The van der Waals surface area contributed by atoms with Gasteiger partial charge in [0.25, 0.3) is 0 Å². The van der Waals surface area contributed by atoms with E-state index in [-0.39, 0.29) is 12.2 Å². The average molecular weight is 254 g/mol. The van der Waals surface area contributed by atoms with Gasteiger partial charge in [0.2, 0.25) is 0 Å². The molecule has 0 aromatic carbocycles. The van der Waals surface area contributed by atoms with E-state index in [1.54, 1.807) is 14.2 Å². The summed E-state index contributed by atoms with van der Waals surface area (Å²) in [4.78, 5) is 2.37. The quantitative estimate of drug-likeness (QED) is 0.781. The Labute approximate surface area is 108 Å². The third-order valence-electron chi connectivity index (χ3n) is 3.69. The van der Waals surface area contributed by atoms with Crippen molar-refractivity contribution in [3.8, 4) is 0 Å². The monoisotopic (exact) mass is 254 g/mol. The number of fused-ring (bicyclic) bond motifs is 1. The van der Waals surface area contributed by atoms with Crippen LogP contribution in [0, 0.1) is 0 Å². The fraction of sp³-hybridized carbons (Fsp3) is 0.833. The Balaban J connectivity index is 2.36. The molecule has 0 fully saturated rings. The lowest BCUT2D eigenvalue weighted by Crippen LogP contribution is -2.41. The third kappa shape index (κ3) is 2.41. The molecule has 18 heavy (non-hydrogen) atoms. The zero-order valence-electron chi connectivity index (χ0n) is 11.6. The van der Waals surface area contributed by atoms with E-state index in [0.717, 1.165) is 37.4 Å². The Kier molecular flexibility index (Phi) is 4.31. The number of aromatic nitrogens is 3. The standard InChI is InChI=1S/C12H22N4O2/c1-5-16-7-6-9-11(13-14-15(9)2)12(18-4)10(8-16)17-3/h10,12H,5-8H2,1-4H3. The average Bonchev–Trinajstić information content (AvgIpc) is 2.71. The highest BCUT2D eigenvalue weighted by atomic mass is 16.5. The Hall–Kier alpha value is -0.980. The molecular formula is C12H22N4O2. The van der Waals surface area contributed by atoms with Gasteiger partial charge in [-0.15, -0.1) is 5.10 Å². The number of likely N-dealkylation sites (N-methyl/N-ethyl adjacent to an activating group) is 1. The summed E-state index contributed by atoms with van der Waals surface area (Å²) < 4.78 is 13.0. The molecule has 0 bridgehead atoms. The molecule has 2 unspecified atom stereocenters. The molecule has 0 N–H and O–H groups in total. The van der Waals surface area contributed by atoms with Crippen molar-refractivity contribution in [1.82, 2.24) is 19.9 Å². The van der Waals surface area contributed by atoms with Gasteiger partial charge in [0, 0.05) is 40.8 Å². The smallest absolute Gasteiger partial charge is 0.130 e. The zero-order chi connectivity index (χ0) is 13.1. The summed E-state index contributed by atoms with van der Waals surface area (Å²) in [6.45, 7) is 5.04. The van der Waals surface area contributed by atoms with Crippen molar-refractivity contribution < 1.29 is 9.47 Å². The SMILES string of the molecule is CCN1CCc2c(nnn2C)C(OC)C(OC)C1. The van der Waals surface area contributed by atoms with Crippen LogP contribution in [-0.4, -0.2) is 59.9 Å². The van der Waals surface area contributed by atoms with Crippen molar-refractivity contribution in [3.05, 3.63) is 11.4 Å². The van der Waals surface area contributed by atoms with Gasteiger partial charge in [-0.3, -0.25) is 4.68 Å². The summed E-state index contributed by atoms with van der Waals surface area (Å²) >= 11 is 0. The molecule has 0 aliphatic carbocycles. The first-order valence-electron chi connectivity index (χ1n) is 6.37. The summed E-state index contributed by atoms with van der Waals surface area (Å²) in [6, 6.07) is 0. The first-order chi connectivity index (χ1) is 8.71. The maximum Gasteiger partial charge on any atom is 0.130 e. The minimum absolute atomic E-state index is 0.00861. The van der Waals surface area contributed by atoms with Crippen LogP contribution in [0.4, 0.5) is 0 Å². The van der Waals surface area contributed by atoms with E-state index < -0.39 is 0 Å². The van der Waals surface area contributed by atoms with E-state index in [1.807, 2.05) is 11.7 Å². The van der Waals surface area contributed by atoms with Gasteiger partial charge in [0.05, 0.1) is 5.69 Å². The van der Waals surface area contributed by atoms with Crippen LogP contribution in [0.5, 0.6) is 0 Å². The van der Waals surface area contributed by atoms with Gasteiger partial charge in [-0.25, -0.2) is 0 Å². The van der Waals surface area contributed by atoms with Crippen molar-refractivity contribution in [3.63, 3.8) is 0 Å². The summed E-state index contributed by atoms with van der Waals surface area (Å²) in [5, 5.41) is 8.36. The number of nitrogens with zero attached hydrogens (tertiary/aromatic N) is 4. The molecule has 1 aromatic heterocycles. The van der Waals surface area contributed by atoms with E-state index in [0.29, 0.717) is 0 Å². The Morgan fingerprint density at radius 2 is 2.11 bits per heavy atom. The second kappa shape index (κ2) is 5.77. The molecule has 0 saturated carbocycles. The van der Waals surface area contributed by atoms with Gasteiger partial charge >= 0.3 is 0 Å². The number of rotatable bonds is 3. The van der Waals surface area contributed by atoms with Gasteiger partial charge in [-0.1, -0.05) is 12.1 Å². The van der Waals surface area contributed by atoms with E-state index >= 15 is 0 Å². The molecule has 1 aliphatic heterocycles. The fourth-order valence-corrected chi connectivity index (χ4v) is 2.53. The van der Waals surface area contributed by atoms with Crippen molar-refractivity contribution in [1.29, 1.82) is 0 Å². The van der Waals surface area contributed by atoms with E-state index in [1.165, 1.54) is 0 Å². The number of methoxy groups -OCH3 is 2. The minimum Gasteiger partial charge on any atom is -0.377 e. The molecule has 0 amide bonds. The molecule has 2 atom stereocenters. The van der Waals surface area contributed by atoms with E-state index in [2.05, 4.69) is 22.1 Å². The van der Waals surface area contributed by atoms with Gasteiger partial charge in [0.15, 0.2) is 0 Å².